The van der Waals surface area contributed by atoms with Crippen LogP contribution in [0.5, 0.6) is 11.6 Å². The van der Waals surface area contributed by atoms with Gasteiger partial charge in [0.15, 0.2) is 0 Å². The average Bonchev–Trinajstić information content (AvgIpc) is 2.77. The summed E-state index contributed by atoms with van der Waals surface area (Å²) >= 11 is 0. The van der Waals surface area contributed by atoms with E-state index in [1.807, 2.05) is 61.5 Å². The highest BCUT2D eigenvalue weighted by molar-refractivity contribution is 5.74. The molecule has 0 bridgehead atoms. The summed E-state index contributed by atoms with van der Waals surface area (Å²) in [6.07, 6.45) is 2.40. The van der Waals surface area contributed by atoms with E-state index in [9.17, 15) is 4.79 Å². The number of para-hydroxylation sites is 1. The number of hydrogen-bond acceptors (Lipinski definition) is 4. The van der Waals surface area contributed by atoms with Crippen LogP contribution in [0.2, 0.25) is 0 Å². The second kappa shape index (κ2) is 10.1. The molecule has 7 nitrogen and oxygen atoms in total. The third kappa shape index (κ3) is 5.68. The molecule has 1 N–H and O–H groups in total. The number of nitrogens with one attached hydrogen (secondary N) is 1. The Bertz CT molecular complexity index is 999. The number of carbonyl (C=O) groups is 1. The van der Waals surface area contributed by atoms with Gasteiger partial charge < -0.3 is 14.8 Å². The van der Waals surface area contributed by atoms with Crippen molar-refractivity contribution < 1.29 is 14.3 Å². The van der Waals surface area contributed by atoms with E-state index >= 15 is 0 Å². The van der Waals surface area contributed by atoms with E-state index in [4.69, 9.17) is 9.47 Å². The van der Waals surface area contributed by atoms with Crippen LogP contribution in [0.4, 0.5) is 4.79 Å². The summed E-state index contributed by atoms with van der Waals surface area (Å²) < 4.78 is 12.6. The molecule has 0 aliphatic rings. The first-order valence-corrected chi connectivity index (χ1v) is 9.42. The summed E-state index contributed by atoms with van der Waals surface area (Å²) in [4.78, 5) is 16.3. The van der Waals surface area contributed by atoms with Crippen LogP contribution in [0, 0.1) is 0 Å². The highest BCUT2D eigenvalue weighted by atomic mass is 16.5. The molecule has 1 heterocycles. The number of amides is 2. The second-order valence-corrected chi connectivity index (χ2v) is 6.27. The van der Waals surface area contributed by atoms with Gasteiger partial charge in [0.2, 0.25) is 5.88 Å². The van der Waals surface area contributed by atoms with Crippen molar-refractivity contribution in [3.63, 3.8) is 0 Å². The summed E-state index contributed by atoms with van der Waals surface area (Å²) in [5.74, 6) is 1.30. The summed E-state index contributed by atoms with van der Waals surface area (Å²) in [5.41, 5.74) is 1.82. The Morgan fingerprint density at radius 3 is 2.59 bits per heavy atom. The van der Waals surface area contributed by atoms with Crippen molar-refractivity contribution in [1.82, 2.24) is 15.1 Å². The topological polar surface area (TPSA) is 77.7 Å². The number of urea groups is 1. The first kappa shape index (κ1) is 20.1. The highest BCUT2D eigenvalue weighted by Gasteiger charge is 2.06. The van der Waals surface area contributed by atoms with Crippen molar-refractivity contribution in [2.75, 3.05) is 13.7 Å². The maximum absolute atomic E-state index is 12.2. The van der Waals surface area contributed by atoms with E-state index in [2.05, 4.69) is 15.4 Å². The highest BCUT2D eigenvalue weighted by Crippen LogP contribution is 2.14. The van der Waals surface area contributed by atoms with Crippen LogP contribution in [0.1, 0.15) is 18.9 Å². The molecule has 0 atom stereocenters. The lowest BCUT2D eigenvalue weighted by molar-refractivity contribution is 0.248. The number of hydrogen-bond donors (Lipinski definition) is 1. The van der Waals surface area contributed by atoms with Gasteiger partial charge in [-0.2, -0.15) is 10.1 Å². The molecular formula is C22H24N4O3. The molecular weight excluding hydrogens is 368 g/mol. The van der Waals surface area contributed by atoms with E-state index in [0.717, 1.165) is 23.4 Å². The molecule has 0 fully saturated rings. The molecule has 1 aromatic heterocycles. The minimum Gasteiger partial charge on any atom is -0.497 e. The monoisotopic (exact) mass is 392 g/mol. The number of rotatable bonds is 7. The maximum atomic E-state index is 12.2. The Labute approximate surface area is 169 Å². The van der Waals surface area contributed by atoms with Crippen LogP contribution >= 0.6 is 0 Å². The fourth-order valence-corrected chi connectivity index (χ4v) is 2.61. The normalized spacial score (nSPS) is 11.2. The van der Waals surface area contributed by atoms with Gasteiger partial charge in [-0.15, -0.1) is 0 Å². The van der Waals surface area contributed by atoms with Gasteiger partial charge in [-0.3, -0.25) is 0 Å². The van der Waals surface area contributed by atoms with Crippen LogP contribution < -0.4 is 20.1 Å². The van der Waals surface area contributed by atoms with Crippen molar-refractivity contribution in [2.24, 2.45) is 4.99 Å². The molecule has 2 aromatic carbocycles. The van der Waals surface area contributed by atoms with Gasteiger partial charge in [-0.25, -0.2) is 9.48 Å². The molecule has 3 aromatic rings. The van der Waals surface area contributed by atoms with Gasteiger partial charge in [0, 0.05) is 12.6 Å². The number of nitrogens with zero attached hydrogens (tertiary/aromatic N) is 3. The predicted octanol–water partition coefficient (Wildman–Crippen LogP) is 3.48. The SMILES string of the molecule is CCCOc1cc(=NC(=O)NCc2ccc(OC)cc2)cnn1-c1ccccc1. The summed E-state index contributed by atoms with van der Waals surface area (Å²) in [5, 5.41) is 7.59. The third-order valence-corrected chi connectivity index (χ3v) is 4.07. The molecule has 150 valence electrons. The van der Waals surface area contributed by atoms with E-state index < -0.39 is 6.03 Å². The van der Waals surface area contributed by atoms with Crippen LogP contribution in [0.25, 0.3) is 5.69 Å². The molecule has 0 radical (unpaired) electrons. The fraction of sp³-hybridized carbons (Fsp3) is 0.227. The molecule has 3 rings (SSSR count). The molecule has 0 aliphatic carbocycles. The van der Waals surface area contributed by atoms with Gasteiger partial charge in [-0.1, -0.05) is 37.3 Å². The van der Waals surface area contributed by atoms with E-state index in [1.54, 1.807) is 24.1 Å². The summed E-state index contributed by atoms with van der Waals surface area (Å²) in [7, 11) is 1.61. The number of aromatic nitrogens is 2. The summed E-state index contributed by atoms with van der Waals surface area (Å²) in [6, 6.07) is 18.4. The lowest BCUT2D eigenvalue weighted by atomic mass is 10.2. The number of ether oxygens (including phenoxy) is 2. The standard InChI is InChI=1S/C22H24N4O3/c1-3-13-29-21-14-18(16-24-26(21)19-7-5-4-6-8-19)25-22(27)23-15-17-9-11-20(28-2)12-10-17/h4-12,14,16H,3,13,15H2,1-2H3,(H,23,27). The first-order chi connectivity index (χ1) is 14.2. The predicted molar refractivity (Wildman–Crippen MR) is 110 cm³/mol. The molecule has 0 spiro atoms. The second-order valence-electron chi connectivity index (χ2n) is 6.27. The summed E-state index contributed by atoms with van der Waals surface area (Å²) in [6.45, 7) is 2.94. The molecule has 0 saturated carbocycles. The lowest BCUT2D eigenvalue weighted by Crippen LogP contribution is -2.22. The fourth-order valence-electron chi connectivity index (χ4n) is 2.61. The number of benzene rings is 2. The Kier molecular flexibility index (Phi) is 7.00. The minimum atomic E-state index is -0.443. The van der Waals surface area contributed by atoms with Crippen LogP contribution in [-0.2, 0) is 6.54 Å². The number of carbonyl (C=O) groups excluding carboxylic acids is 1. The molecule has 0 saturated heterocycles. The Morgan fingerprint density at radius 1 is 1.14 bits per heavy atom. The zero-order valence-corrected chi connectivity index (χ0v) is 16.5. The minimum absolute atomic E-state index is 0.371. The van der Waals surface area contributed by atoms with Crippen molar-refractivity contribution in [3.8, 4) is 17.3 Å². The van der Waals surface area contributed by atoms with E-state index in [0.29, 0.717) is 24.4 Å². The van der Waals surface area contributed by atoms with Gasteiger partial charge in [-0.05, 0) is 36.2 Å². The number of methoxy groups -OCH3 is 1. The average molecular weight is 392 g/mol. The van der Waals surface area contributed by atoms with Crippen LogP contribution in [-0.4, -0.2) is 29.5 Å². The van der Waals surface area contributed by atoms with Gasteiger partial charge in [0.25, 0.3) is 0 Å². The lowest BCUT2D eigenvalue weighted by Gasteiger charge is -2.12. The van der Waals surface area contributed by atoms with Crippen molar-refractivity contribution in [1.29, 1.82) is 0 Å². The van der Waals surface area contributed by atoms with Crippen LogP contribution in [0.3, 0.4) is 0 Å². The van der Waals surface area contributed by atoms with Gasteiger partial charge >= 0.3 is 6.03 Å². The zero-order valence-electron chi connectivity index (χ0n) is 16.5. The van der Waals surface area contributed by atoms with E-state index in [-0.39, 0.29) is 0 Å². The quantitative estimate of drug-likeness (QED) is 0.668. The van der Waals surface area contributed by atoms with Crippen molar-refractivity contribution in [3.05, 3.63) is 77.8 Å². The van der Waals surface area contributed by atoms with Crippen molar-refractivity contribution in [2.45, 2.75) is 19.9 Å². The van der Waals surface area contributed by atoms with Crippen molar-refractivity contribution >= 4 is 6.03 Å². The Balaban J connectivity index is 1.75. The largest absolute Gasteiger partial charge is 0.497 e. The molecule has 0 aliphatic heterocycles. The first-order valence-electron chi connectivity index (χ1n) is 9.42. The smallest absolute Gasteiger partial charge is 0.341 e. The maximum Gasteiger partial charge on any atom is 0.341 e. The van der Waals surface area contributed by atoms with Crippen LogP contribution in [0.15, 0.2) is 71.9 Å². The Hall–Kier alpha value is -3.61. The zero-order chi connectivity index (χ0) is 20.5. The third-order valence-electron chi connectivity index (χ3n) is 4.07. The van der Waals surface area contributed by atoms with Gasteiger partial charge in [0.1, 0.15) is 5.75 Å². The Morgan fingerprint density at radius 2 is 1.90 bits per heavy atom. The molecule has 0 unspecified atom stereocenters. The molecule has 7 heteroatoms. The van der Waals surface area contributed by atoms with E-state index in [1.165, 1.54) is 0 Å². The molecule has 29 heavy (non-hydrogen) atoms. The van der Waals surface area contributed by atoms with Gasteiger partial charge in [0.05, 0.1) is 31.0 Å². The molecule has 2 amide bonds.